The molecule has 1 aromatic rings. The molecule has 0 aliphatic carbocycles. The van der Waals surface area contributed by atoms with Gasteiger partial charge < -0.3 is 5.11 Å². The van der Waals surface area contributed by atoms with Crippen molar-refractivity contribution in [2.75, 3.05) is 6.54 Å². The molecule has 1 aliphatic rings. The van der Waals surface area contributed by atoms with Crippen molar-refractivity contribution in [3.63, 3.8) is 0 Å². The van der Waals surface area contributed by atoms with Crippen LogP contribution in [-0.4, -0.2) is 34.5 Å². The maximum atomic E-state index is 15.1. The highest BCUT2D eigenvalue weighted by atomic mass is 19.4. The van der Waals surface area contributed by atoms with E-state index in [0.717, 1.165) is 25.0 Å². The van der Waals surface area contributed by atoms with Gasteiger partial charge in [-0.1, -0.05) is 51.2 Å². The van der Waals surface area contributed by atoms with Crippen LogP contribution in [0.5, 0.6) is 0 Å². The summed E-state index contributed by atoms with van der Waals surface area (Å²) in [6.07, 6.45) is -3.64. The van der Waals surface area contributed by atoms with Gasteiger partial charge in [-0.15, -0.1) is 0 Å². The SMILES string of the molecule is CC(C)(C)C#CC(CCCC(C)(C)C)N1CCC(F)(F)C(CC(=O)O)C1c1ccc(C(F)(F)F)cc1. The minimum absolute atomic E-state index is 0.0339. The second-order valence-electron chi connectivity index (χ2n) is 12.0. The molecule has 3 nitrogen and oxygen atoms in total. The predicted octanol–water partition coefficient (Wildman–Crippen LogP) is 7.81. The number of hydrogen-bond donors (Lipinski definition) is 1. The maximum Gasteiger partial charge on any atom is 0.416 e. The number of rotatable bonds is 7. The topological polar surface area (TPSA) is 40.5 Å². The van der Waals surface area contributed by atoms with Gasteiger partial charge in [0.25, 0.3) is 5.92 Å². The molecule has 1 saturated heterocycles. The Hall–Kier alpha value is -2.14. The highest BCUT2D eigenvalue weighted by Gasteiger charge is 2.52. The van der Waals surface area contributed by atoms with Crippen molar-refractivity contribution in [2.24, 2.45) is 16.7 Å². The van der Waals surface area contributed by atoms with E-state index in [1.807, 2.05) is 20.8 Å². The minimum Gasteiger partial charge on any atom is -0.481 e. The van der Waals surface area contributed by atoms with E-state index < -0.39 is 54.5 Å². The summed E-state index contributed by atoms with van der Waals surface area (Å²) < 4.78 is 69.8. The first-order chi connectivity index (χ1) is 16.3. The molecule has 36 heavy (non-hydrogen) atoms. The fourth-order valence-corrected chi connectivity index (χ4v) is 4.60. The number of carboxylic acids is 1. The maximum absolute atomic E-state index is 15.1. The Labute approximate surface area is 211 Å². The highest BCUT2D eigenvalue weighted by Crippen LogP contribution is 2.48. The van der Waals surface area contributed by atoms with Crippen LogP contribution in [0.25, 0.3) is 0 Å². The molecular formula is C28H38F5NO2. The number of alkyl halides is 5. The molecule has 0 aromatic heterocycles. The third kappa shape index (κ3) is 8.76. The quantitative estimate of drug-likeness (QED) is 0.297. The first-order valence-electron chi connectivity index (χ1n) is 12.4. The lowest BCUT2D eigenvalue weighted by molar-refractivity contribution is -0.160. The summed E-state index contributed by atoms with van der Waals surface area (Å²) in [5.41, 5.74) is -0.918. The van der Waals surface area contributed by atoms with Crippen molar-refractivity contribution in [3.05, 3.63) is 35.4 Å². The smallest absolute Gasteiger partial charge is 0.416 e. The fourth-order valence-electron chi connectivity index (χ4n) is 4.60. The van der Waals surface area contributed by atoms with Crippen LogP contribution in [0, 0.1) is 28.6 Å². The second kappa shape index (κ2) is 11.1. The van der Waals surface area contributed by atoms with Crippen LogP contribution < -0.4 is 0 Å². The van der Waals surface area contributed by atoms with Crippen molar-refractivity contribution >= 4 is 5.97 Å². The molecular weight excluding hydrogens is 477 g/mol. The number of benzene rings is 1. The Morgan fingerprint density at radius 3 is 2.17 bits per heavy atom. The van der Waals surface area contributed by atoms with Crippen molar-refractivity contribution in [1.29, 1.82) is 0 Å². The van der Waals surface area contributed by atoms with Gasteiger partial charge in [-0.3, -0.25) is 9.69 Å². The minimum atomic E-state index is -4.57. The summed E-state index contributed by atoms with van der Waals surface area (Å²) in [4.78, 5) is 13.4. The Balaban J connectivity index is 2.58. The van der Waals surface area contributed by atoms with Gasteiger partial charge in [0.1, 0.15) is 0 Å². The van der Waals surface area contributed by atoms with E-state index in [2.05, 4.69) is 32.6 Å². The third-order valence-electron chi connectivity index (χ3n) is 6.38. The van der Waals surface area contributed by atoms with Crippen LogP contribution in [0.4, 0.5) is 22.0 Å². The monoisotopic (exact) mass is 515 g/mol. The van der Waals surface area contributed by atoms with Crippen LogP contribution in [0.3, 0.4) is 0 Å². The molecule has 1 aromatic carbocycles. The molecule has 1 aliphatic heterocycles. The van der Waals surface area contributed by atoms with Gasteiger partial charge in [-0.2, -0.15) is 13.2 Å². The van der Waals surface area contributed by atoms with E-state index in [1.165, 1.54) is 12.1 Å². The summed E-state index contributed by atoms with van der Waals surface area (Å²) in [6, 6.07) is 2.61. The number of likely N-dealkylation sites (tertiary alicyclic amines) is 1. The summed E-state index contributed by atoms with van der Waals surface area (Å²) in [5.74, 6) is 0.207. The number of halogens is 5. The Bertz CT molecular complexity index is 946. The van der Waals surface area contributed by atoms with E-state index in [-0.39, 0.29) is 22.9 Å². The van der Waals surface area contributed by atoms with E-state index in [1.54, 1.807) is 4.90 Å². The molecule has 8 heteroatoms. The van der Waals surface area contributed by atoms with Crippen LogP contribution in [0.15, 0.2) is 24.3 Å². The Morgan fingerprint density at radius 2 is 1.69 bits per heavy atom. The van der Waals surface area contributed by atoms with Gasteiger partial charge in [0, 0.05) is 24.4 Å². The average Bonchev–Trinajstić information content (AvgIpc) is 2.70. The number of aliphatic carboxylic acids is 1. The Kier molecular flexibility index (Phi) is 9.26. The lowest BCUT2D eigenvalue weighted by Crippen LogP contribution is -2.53. The number of carbonyl (C=O) groups is 1. The predicted molar refractivity (Wildman–Crippen MR) is 131 cm³/mol. The molecule has 202 valence electrons. The summed E-state index contributed by atoms with van der Waals surface area (Å²) in [6.45, 7) is 12.1. The molecule has 1 fully saturated rings. The molecule has 0 amide bonds. The molecule has 1 N–H and O–H groups in total. The summed E-state index contributed by atoms with van der Waals surface area (Å²) >= 11 is 0. The van der Waals surface area contributed by atoms with Gasteiger partial charge >= 0.3 is 12.1 Å². The van der Waals surface area contributed by atoms with Gasteiger partial charge in [-0.25, -0.2) is 8.78 Å². The normalized spacial score (nSPS) is 22.0. The molecule has 3 unspecified atom stereocenters. The number of hydrogen-bond acceptors (Lipinski definition) is 2. The first kappa shape index (κ1) is 30.1. The molecule has 0 spiro atoms. The van der Waals surface area contributed by atoms with E-state index >= 15 is 8.78 Å². The van der Waals surface area contributed by atoms with E-state index in [9.17, 15) is 23.1 Å². The zero-order chi connectivity index (χ0) is 27.5. The number of piperidine rings is 1. The molecule has 0 bridgehead atoms. The molecule has 1 heterocycles. The van der Waals surface area contributed by atoms with Crippen molar-refractivity contribution in [3.8, 4) is 11.8 Å². The van der Waals surface area contributed by atoms with Gasteiger partial charge in [0.15, 0.2) is 0 Å². The van der Waals surface area contributed by atoms with Crippen molar-refractivity contribution < 1.29 is 31.9 Å². The molecule has 0 radical (unpaired) electrons. The standard InChI is InChI=1S/C28H38F5NO2/c1-25(2,3)14-7-8-21(13-15-26(4,5)6)34-17-16-27(29,30)22(18-23(35)36)24(34)19-9-11-20(12-10-19)28(31,32)33/h9-12,21-22,24H,7-8,14,16-18H2,1-6H3,(H,35,36). The third-order valence-corrected chi connectivity index (χ3v) is 6.38. The summed E-state index contributed by atoms with van der Waals surface area (Å²) in [7, 11) is 0. The second-order valence-corrected chi connectivity index (χ2v) is 12.0. The number of carboxylic acid groups (broad SMARTS) is 1. The van der Waals surface area contributed by atoms with Crippen LogP contribution in [0.2, 0.25) is 0 Å². The van der Waals surface area contributed by atoms with Crippen LogP contribution in [-0.2, 0) is 11.0 Å². The van der Waals surface area contributed by atoms with Gasteiger partial charge in [0.05, 0.1) is 23.9 Å². The van der Waals surface area contributed by atoms with Gasteiger partial charge in [-0.05, 0) is 56.7 Å². The zero-order valence-corrected chi connectivity index (χ0v) is 22.0. The highest BCUT2D eigenvalue weighted by molar-refractivity contribution is 5.67. The molecule has 3 atom stereocenters. The zero-order valence-electron chi connectivity index (χ0n) is 22.0. The van der Waals surface area contributed by atoms with Crippen LogP contribution >= 0.6 is 0 Å². The fraction of sp³-hybridized carbons (Fsp3) is 0.679. The van der Waals surface area contributed by atoms with Crippen LogP contribution in [0.1, 0.15) is 90.8 Å². The largest absolute Gasteiger partial charge is 0.481 e. The lowest BCUT2D eigenvalue weighted by atomic mass is 9.78. The lowest BCUT2D eigenvalue weighted by Gasteiger charge is -2.47. The van der Waals surface area contributed by atoms with Crippen molar-refractivity contribution in [2.45, 2.75) is 97.8 Å². The average molecular weight is 516 g/mol. The van der Waals surface area contributed by atoms with Crippen molar-refractivity contribution in [1.82, 2.24) is 4.90 Å². The molecule has 0 saturated carbocycles. The first-order valence-corrected chi connectivity index (χ1v) is 12.4. The van der Waals surface area contributed by atoms with Gasteiger partial charge in [0.2, 0.25) is 0 Å². The van der Waals surface area contributed by atoms with E-state index in [0.29, 0.717) is 6.42 Å². The molecule has 2 rings (SSSR count). The Morgan fingerprint density at radius 1 is 1.11 bits per heavy atom. The van der Waals surface area contributed by atoms with E-state index in [4.69, 9.17) is 0 Å². The summed E-state index contributed by atoms with van der Waals surface area (Å²) in [5, 5.41) is 9.45. The number of nitrogens with zero attached hydrogens (tertiary/aromatic N) is 1.